The highest BCUT2D eigenvalue weighted by Crippen LogP contribution is 2.27. The quantitative estimate of drug-likeness (QED) is 0.602. The van der Waals surface area contributed by atoms with Crippen LogP contribution in [-0.2, 0) is 19.6 Å². The van der Waals surface area contributed by atoms with Gasteiger partial charge >= 0.3 is 0 Å². The van der Waals surface area contributed by atoms with Crippen LogP contribution in [0.15, 0.2) is 42.6 Å². The Morgan fingerprint density at radius 3 is 2.77 bits per heavy atom. The Kier molecular flexibility index (Phi) is 3.20. The molecule has 3 heterocycles. The number of nitrogens with two attached hydrogens (primary N) is 1. The zero-order valence-corrected chi connectivity index (χ0v) is 13.8. The van der Waals surface area contributed by atoms with Gasteiger partial charge in [-0.05, 0) is 35.4 Å². The van der Waals surface area contributed by atoms with Crippen molar-refractivity contribution in [2.75, 3.05) is 5.73 Å². The molecule has 5 nitrogen and oxygen atoms in total. The SMILES string of the molecule is Nc1nc2c(F)cccc2c2nc(CN3Cc4ccc(F)cc4C3)cn12. The van der Waals surface area contributed by atoms with E-state index in [2.05, 4.69) is 14.9 Å². The summed E-state index contributed by atoms with van der Waals surface area (Å²) in [7, 11) is 0. The van der Waals surface area contributed by atoms with E-state index in [1.54, 1.807) is 22.6 Å². The minimum absolute atomic E-state index is 0.197. The van der Waals surface area contributed by atoms with E-state index in [4.69, 9.17) is 5.73 Å². The molecule has 0 bridgehead atoms. The Morgan fingerprint density at radius 2 is 1.88 bits per heavy atom. The fraction of sp³-hybridized carbons (Fsp3) is 0.158. The molecule has 0 unspecified atom stereocenters. The van der Waals surface area contributed by atoms with Gasteiger partial charge in [-0.2, -0.15) is 0 Å². The van der Waals surface area contributed by atoms with Gasteiger partial charge in [0, 0.05) is 31.2 Å². The second kappa shape index (κ2) is 5.47. The zero-order valence-electron chi connectivity index (χ0n) is 13.8. The molecule has 1 aliphatic heterocycles. The second-order valence-corrected chi connectivity index (χ2v) is 6.59. The van der Waals surface area contributed by atoms with E-state index < -0.39 is 5.82 Å². The minimum atomic E-state index is -0.418. The van der Waals surface area contributed by atoms with Crippen molar-refractivity contribution < 1.29 is 8.78 Å². The lowest BCUT2D eigenvalue weighted by Crippen LogP contribution is -2.15. The molecule has 2 aromatic heterocycles. The first kappa shape index (κ1) is 15.2. The molecule has 2 N–H and O–H groups in total. The van der Waals surface area contributed by atoms with Crippen molar-refractivity contribution >= 4 is 22.5 Å². The molecule has 5 rings (SSSR count). The van der Waals surface area contributed by atoms with Gasteiger partial charge < -0.3 is 5.73 Å². The molecular formula is C19H15F2N5. The fourth-order valence-electron chi connectivity index (χ4n) is 3.62. The third-order valence-electron chi connectivity index (χ3n) is 4.80. The molecule has 0 saturated carbocycles. The number of rotatable bonds is 2. The molecule has 0 fully saturated rings. The van der Waals surface area contributed by atoms with Crippen LogP contribution in [0.1, 0.15) is 16.8 Å². The molecule has 2 aromatic carbocycles. The standard InChI is InChI=1S/C19H15F2N5/c20-13-5-4-11-7-25(8-12(11)6-13)9-14-10-26-18(23-14)15-2-1-3-16(21)17(15)24-19(26)22/h1-6,10H,7-9H2,(H2,22,24). The van der Waals surface area contributed by atoms with Crippen LogP contribution < -0.4 is 5.73 Å². The highest BCUT2D eigenvalue weighted by atomic mass is 19.1. The van der Waals surface area contributed by atoms with E-state index in [1.807, 2.05) is 12.3 Å². The molecule has 1 aliphatic rings. The number of benzene rings is 2. The highest BCUT2D eigenvalue weighted by Gasteiger charge is 2.21. The Labute approximate surface area is 147 Å². The summed E-state index contributed by atoms with van der Waals surface area (Å²) in [4.78, 5) is 11.0. The van der Waals surface area contributed by atoms with Gasteiger partial charge in [0.15, 0.2) is 0 Å². The lowest BCUT2D eigenvalue weighted by atomic mass is 10.1. The minimum Gasteiger partial charge on any atom is -0.369 e. The first-order valence-electron chi connectivity index (χ1n) is 8.30. The zero-order chi connectivity index (χ0) is 17.8. The van der Waals surface area contributed by atoms with Crippen molar-refractivity contribution in [2.45, 2.75) is 19.6 Å². The molecule has 0 aliphatic carbocycles. The number of hydrogen-bond donors (Lipinski definition) is 1. The lowest BCUT2D eigenvalue weighted by Gasteiger charge is -2.12. The summed E-state index contributed by atoms with van der Waals surface area (Å²) in [6.07, 6.45) is 1.82. The average Bonchev–Trinajstić information content (AvgIpc) is 3.20. The number of imidazole rings is 1. The van der Waals surface area contributed by atoms with E-state index in [0.29, 0.717) is 24.1 Å². The molecule has 7 heteroatoms. The molecule has 0 saturated heterocycles. The number of halogens is 2. The summed E-state index contributed by atoms with van der Waals surface area (Å²) in [6, 6.07) is 9.67. The number of hydrogen-bond acceptors (Lipinski definition) is 4. The van der Waals surface area contributed by atoms with Crippen LogP contribution in [0, 0.1) is 11.6 Å². The molecule has 130 valence electrons. The van der Waals surface area contributed by atoms with E-state index in [1.165, 1.54) is 12.1 Å². The maximum absolute atomic E-state index is 14.0. The number of anilines is 1. The third-order valence-corrected chi connectivity index (χ3v) is 4.80. The van der Waals surface area contributed by atoms with Crippen molar-refractivity contribution in [1.82, 2.24) is 19.3 Å². The van der Waals surface area contributed by atoms with Crippen molar-refractivity contribution in [3.63, 3.8) is 0 Å². The number of fused-ring (bicyclic) bond motifs is 4. The van der Waals surface area contributed by atoms with Crippen LogP contribution in [0.2, 0.25) is 0 Å². The lowest BCUT2D eigenvalue weighted by molar-refractivity contribution is 0.272. The maximum Gasteiger partial charge on any atom is 0.206 e. The van der Waals surface area contributed by atoms with Gasteiger partial charge in [0.2, 0.25) is 5.95 Å². The first-order valence-corrected chi connectivity index (χ1v) is 8.30. The third kappa shape index (κ3) is 2.32. The highest BCUT2D eigenvalue weighted by molar-refractivity contribution is 5.92. The van der Waals surface area contributed by atoms with Gasteiger partial charge in [-0.25, -0.2) is 18.7 Å². The topological polar surface area (TPSA) is 59.5 Å². The smallest absolute Gasteiger partial charge is 0.206 e. The monoisotopic (exact) mass is 351 g/mol. The van der Waals surface area contributed by atoms with Crippen molar-refractivity contribution in [1.29, 1.82) is 0 Å². The molecule has 0 radical (unpaired) electrons. The summed E-state index contributed by atoms with van der Waals surface area (Å²) < 4.78 is 29.1. The summed E-state index contributed by atoms with van der Waals surface area (Å²) in [6.45, 7) is 2.00. The molecule has 0 atom stereocenters. The van der Waals surface area contributed by atoms with Gasteiger partial charge in [-0.3, -0.25) is 9.30 Å². The van der Waals surface area contributed by atoms with Gasteiger partial charge in [0.1, 0.15) is 22.8 Å². The van der Waals surface area contributed by atoms with Crippen LogP contribution in [0.4, 0.5) is 14.7 Å². The van der Waals surface area contributed by atoms with Crippen LogP contribution in [-0.4, -0.2) is 19.3 Å². The Hall–Kier alpha value is -3.06. The molecule has 26 heavy (non-hydrogen) atoms. The van der Waals surface area contributed by atoms with Crippen LogP contribution in [0.5, 0.6) is 0 Å². The van der Waals surface area contributed by atoms with Gasteiger partial charge in [0.05, 0.1) is 5.69 Å². The summed E-state index contributed by atoms with van der Waals surface area (Å²) in [5, 5.41) is 0.622. The first-order chi connectivity index (χ1) is 12.6. The average molecular weight is 351 g/mol. The van der Waals surface area contributed by atoms with Gasteiger partial charge in [-0.1, -0.05) is 12.1 Å². The molecule has 0 amide bonds. The van der Waals surface area contributed by atoms with Crippen molar-refractivity contribution in [3.8, 4) is 0 Å². The largest absolute Gasteiger partial charge is 0.369 e. The van der Waals surface area contributed by atoms with E-state index >= 15 is 0 Å². The predicted octanol–water partition coefficient (Wildman–Crippen LogP) is 3.26. The number of nitrogens with zero attached hydrogens (tertiary/aromatic N) is 4. The van der Waals surface area contributed by atoms with Crippen LogP contribution in [0.25, 0.3) is 16.6 Å². The number of nitrogen functional groups attached to an aromatic ring is 1. The Bertz CT molecular complexity index is 1170. The van der Waals surface area contributed by atoms with Crippen molar-refractivity contribution in [3.05, 3.63) is 71.1 Å². The van der Waals surface area contributed by atoms with Gasteiger partial charge in [0.25, 0.3) is 0 Å². The fourth-order valence-corrected chi connectivity index (χ4v) is 3.62. The van der Waals surface area contributed by atoms with E-state index in [0.717, 1.165) is 23.4 Å². The van der Waals surface area contributed by atoms with Crippen LogP contribution in [0.3, 0.4) is 0 Å². The molecule has 4 aromatic rings. The van der Waals surface area contributed by atoms with Crippen LogP contribution >= 0.6 is 0 Å². The Balaban J connectivity index is 1.52. The van der Waals surface area contributed by atoms with E-state index in [-0.39, 0.29) is 17.3 Å². The molecular weight excluding hydrogens is 336 g/mol. The van der Waals surface area contributed by atoms with Crippen molar-refractivity contribution in [2.24, 2.45) is 0 Å². The summed E-state index contributed by atoms with van der Waals surface area (Å²) in [5.41, 5.74) is 9.74. The predicted molar refractivity (Wildman–Crippen MR) is 94.2 cm³/mol. The second-order valence-electron chi connectivity index (χ2n) is 6.59. The number of aromatic nitrogens is 3. The normalized spacial score (nSPS) is 14.4. The summed E-state index contributed by atoms with van der Waals surface area (Å²) >= 11 is 0. The van der Waals surface area contributed by atoms with Gasteiger partial charge in [-0.15, -0.1) is 0 Å². The molecule has 0 spiro atoms. The summed E-state index contributed by atoms with van der Waals surface area (Å²) in [5.74, 6) is -0.438. The maximum atomic E-state index is 14.0. The Morgan fingerprint density at radius 1 is 1.04 bits per heavy atom. The van der Waals surface area contributed by atoms with E-state index in [9.17, 15) is 8.78 Å². The number of para-hydroxylation sites is 1.